The van der Waals surface area contributed by atoms with Gasteiger partial charge in [-0.15, -0.1) is 0 Å². The lowest BCUT2D eigenvalue weighted by Crippen LogP contribution is -2.32. The van der Waals surface area contributed by atoms with Crippen LogP contribution in [0.25, 0.3) is 0 Å². The van der Waals surface area contributed by atoms with E-state index >= 15 is 0 Å². The van der Waals surface area contributed by atoms with Gasteiger partial charge < -0.3 is 0 Å². The Kier molecular flexibility index (Phi) is 2.59. The number of hydrogen-bond donors (Lipinski definition) is 0. The second-order valence-corrected chi connectivity index (χ2v) is 9.50. The Balaban J connectivity index is 2.54. The van der Waals surface area contributed by atoms with Gasteiger partial charge in [-0.25, -0.2) is 0 Å². The Morgan fingerprint density at radius 2 is 2.00 bits per heavy atom. The van der Waals surface area contributed by atoms with Crippen LogP contribution in [0.5, 0.6) is 0 Å². The van der Waals surface area contributed by atoms with Crippen LogP contribution in [0.4, 0.5) is 0 Å². The van der Waals surface area contributed by atoms with Crippen LogP contribution in [0.1, 0.15) is 20.3 Å². The minimum absolute atomic E-state index is 0.782. The van der Waals surface area contributed by atoms with E-state index in [1.54, 1.807) is 0 Å². The Morgan fingerprint density at radius 1 is 1.50 bits per heavy atom. The zero-order chi connectivity index (χ0) is 7.61. The van der Waals surface area contributed by atoms with Gasteiger partial charge in [-0.1, -0.05) is 26.0 Å². The van der Waals surface area contributed by atoms with Crippen molar-refractivity contribution in [2.24, 2.45) is 0 Å². The van der Waals surface area contributed by atoms with Gasteiger partial charge in [-0.05, 0) is 24.1 Å². The van der Waals surface area contributed by atoms with E-state index in [-0.39, 0.29) is 0 Å². The van der Waals surface area contributed by atoms with Crippen LogP contribution in [-0.2, 0) is 0 Å². The summed E-state index contributed by atoms with van der Waals surface area (Å²) in [4.78, 5) is 0. The van der Waals surface area contributed by atoms with Gasteiger partial charge >= 0.3 is 0 Å². The SMILES string of the molecule is CC[Si](Cl)(CC)C1C=CC1. The molecule has 0 bridgehead atoms. The highest BCUT2D eigenvalue weighted by Crippen LogP contribution is 2.41. The lowest BCUT2D eigenvalue weighted by atomic mass is 10.1. The summed E-state index contributed by atoms with van der Waals surface area (Å²) < 4.78 is 0. The molecule has 1 rings (SSSR count). The number of halogens is 1. The monoisotopic (exact) mass is 174 g/mol. The van der Waals surface area contributed by atoms with Crippen LogP contribution >= 0.6 is 11.1 Å². The lowest BCUT2D eigenvalue weighted by Gasteiger charge is -2.32. The first-order valence-corrected chi connectivity index (χ1v) is 7.59. The number of rotatable bonds is 3. The van der Waals surface area contributed by atoms with Gasteiger partial charge in [0.1, 0.15) is 0 Å². The molecule has 0 aliphatic heterocycles. The van der Waals surface area contributed by atoms with Gasteiger partial charge in [0.15, 0.2) is 7.38 Å². The standard InChI is InChI=1S/C8H15ClSi/c1-3-10(9,4-2)8-6-5-7-8/h5-6,8H,3-4,7H2,1-2H3. The molecular weight excluding hydrogens is 160 g/mol. The molecule has 0 amide bonds. The van der Waals surface area contributed by atoms with Crippen molar-refractivity contribution in [3.8, 4) is 0 Å². The molecule has 0 aromatic rings. The van der Waals surface area contributed by atoms with E-state index in [2.05, 4.69) is 26.0 Å². The molecule has 0 nitrogen and oxygen atoms in total. The van der Waals surface area contributed by atoms with E-state index in [1.807, 2.05) is 0 Å². The summed E-state index contributed by atoms with van der Waals surface area (Å²) in [7, 11) is -1.33. The van der Waals surface area contributed by atoms with Gasteiger partial charge in [-0.3, -0.25) is 0 Å². The molecule has 2 heteroatoms. The fraction of sp³-hybridized carbons (Fsp3) is 0.750. The van der Waals surface area contributed by atoms with Crippen LogP contribution in [0.15, 0.2) is 12.2 Å². The van der Waals surface area contributed by atoms with E-state index in [1.165, 1.54) is 18.5 Å². The number of hydrogen-bond acceptors (Lipinski definition) is 0. The summed E-state index contributed by atoms with van der Waals surface area (Å²) in [6, 6.07) is 2.44. The largest absolute Gasteiger partial charge is 0.166 e. The van der Waals surface area contributed by atoms with Crippen molar-refractivity contribution >= 4 is 18.5 Å². The third kappa shape index (κ3) is 1.30. The molecule has 0 N–H and O–H groups in total. The van der Waals surface area contributed by atoms with Crippen molar-refractivity contribution in [3.05, 3.63) is 12.2 Å². The molecule has 1 aliphatic carbocycles. The van der Waals surface area contributed by atoms with E-state index < -0.39 is 7.38 Å². The molecule has 0 fully saturated rings. The quantitative estimate of drug-likeness (QED) is 0.349. The van der Waals surface area contributed by atoms with Crippen molar-refractivity contribution in [1.82, 2.24) is 0 Å². The van der Waals surface area contributed by atoms with E-state index in [4.69, 9.17) is 11.1 Å². The minimum Gasteiger partial charge on any atom is -0.166 e. The minimum atomic E-state index is -1.33. The predicted octanol–water partition coefficient (Wildman–Crippen LogP) is 3.54. The molecular formula is C8H15ClSi. The van der Waals surface area contributed by atoms with Crippen molar-refractivity contribution < 1.29 is 0 Å². The van der Waals surface area contributed by atoms with Crippen molar-refractivity contribution in [2.75, 3.05) is 0 Å². The molecule has 0 aromatic carbocycles. The van der Waals surface area contributed by atoms with Crippen LogP contribution < -0.4 is 0 Å². The molecule has 1 atom stereocenters. The highest BCUT2D eigenvalue weighted by Gasteiger charge is 2.36. The summed E-state index contributed by atoms with van der Waals surface area (Å²) in [5, 5.41) is 0. The van der Waals surface area contributed by atoms with Gasteiger partial charge in [0.25, 0.3) is 0 Å². The molecule has 1 aliphatic rings. The van der Waals surface area contributed by atoms with Gasteiger partial charge in [-0.2, -0.15) is 11.1 Å². The van der Waals surface area contributed by atoms with Crippen molar-refractivity contribution in [1.29, 1.82) is 0 Å². The smallest absolute Gasteiger partial charge is 0.163 e. The Bertz CT molecular complexity index is 138. The van der Waals surface area contributed by atoms with Crippen LogP contribution in [0, 0.1) is 0 Å². The zero-order valence-corrected chi connectivity index (χ0v) is 8.49. The molecule has 0 saturated heterocycles. The van der Waals surface area contributed by atoms with Crippen molar-refractivity contribution in [3.63, 3.8) is 0 Å². The van der Waals surface area contributed by atoms with Gasteiger partial charge in [0.05, 0.1) is 0 Å². The van der Waals surface area contributed by atoms with Crippen LogP contribution in [0.3, 0.4) is 0 Å². The maximum atomic E-state index is 6.50. The predicted molar refractivity (Wildman–Crippen MR) is 50.1 cm³/mol. The summed E-state index contributed by atoms with van der Waals surface area (Å²) in [5.74, 6) is 0. The first-order valence-electron chi connectivity index (χ1n) is 4.08. The number of allylic oxidation sites excluding steroid dienone is 2. The summed E-state index contributed by atoms with van der Waals surface area (Å²) in [5.41, 5.74) is 0.782. The lowest BCUT2D eigenvalue weighted by molar-refractivity contribution is 0.902. The molecule has 1 unspecified atom stereocenters. The normalized spacial score (nSPS) is 24.5. The highest BCUT2D eigenvalue weighted by atomic mass is 35.6. The third-order valence-corrected chi connectivity index (χ3v) is 9.15. The maximum absolute atomic E-state index is 6.50. The second kappa shape index (κ2) is 3.10. The Morgan fingerprint density at radius 3 is 2.10 bits per heavy atom. The average molecular weight is 175 g/mol. The summed E-state index contributed by atoms with van der Waals surface area (Å²) in [6.07, 6.45) is 5.78. The molecule has 0 spiro atoms. The van der Waals surface area contributed by atoms with E-state index in [0.717, 1.165) is 5.54 Å². The van der Waals surface area contributed by atoms with Crippen LogP contribution in [-0.4, -0.2) is 7.38 Å². The van der Waals surface area contributed by atoms with E-state index in [0.29, 0.717) is 0 Å². The zero-order valence-electron chi connectivity index (χ0n) is 6.73. The fourth-order valence-electron chi connectivity index (χ4n) is 1.43. The average Bonchev–Trinajstić information content (AvgIpc) is 1.84. The molecule has 0 saturated carbocycles. The Hall–Kier alpha value is 0.247. The molecule has 10 heavy (non-hydrogen) atoms. The Labute approximate surface area is 69.0 Å². The molecule has 58 valence electrons. The highest BCUT2D eigenvalue weighted by molar-refractivity contribution is 7.21. The molecule has 0 radical (unpaired) electrons. The summed E-state index contributed by atoms with van der Waals surface area (Å²) >= 11 is 6.50. The first kappa shape index (κ1) is 8.34. The van der Waals surface area contributed by atoms with Crippen molar-refractivity contribution in [2.45, 2.75) is 37.9 Å². The fourth-order valence-corrected chi connectivity index (χ4v) is 4.50. The first-order chi connectivity index (χ1) is 4.73. The topological polar surface area (TPSA) is 0 Å². The van der Waals surface area contributed by atoms with Crippen LogP contribution in [0.2, 0.25) is 17.6 Å². The maximum Gasteiger partial charge on any atom is 0.163 e. The molecule has 0 heterocycles. The van der Waals surface area contributed by atoms with Gasteiger partial charge in [0.2, 0.25) is 0 Å². The van der Waals surface area contributed by atoms with Gasteiger partial charge in [0, 0.05) is 0 Å². The van der Waals surface area contributed by atoms with E-state index in [9.17, 15) is 0 Å². The molecule has 0 aromatic heterocycles. The third-order valence-electron chi connectivity index (χ3n) is 2.60. The second-order valence-electron chi connectivity index (χ2n) is 3.01. The summed E-state index contributed by atoms with van der Waals surface area (Å²) in [6.45, 7) is 4.46.